The fraction of sp³-hybridized carbons (Fsp3) is 0.462. The van der Waals surface area contributed by atoms with Crippen molar-refractivity contribution in [1.82, 2.24) is 4.90 Å². The molecule has 1 aromatic carbocycles. The Hall–Kier alpha value is -0.880. The third-order valence-electron chi connectivity index (χ3n) is 3.27. The zero-order valence-electron chi connectivity index (χ0n) is 10.8. The van der Waals surface area contributed by atoms with Gasteiger partial charge in [-0.25, -0.2) is 4.39 Å². The Morgan fingerprint density at radius 2 is 1.90 bits per heavy atom. The first-order valence-electron chi connectivity index (χ1n) is 6.38. The molecule has 0 spiro atoms. The number of piperidine rings is 1. The summed E-state index contributed by atoms with van der Waals surface area (Å²) in [5.41, 5.74) is 6.05. The molecule has 1 fully saturated rings. The van der Waals surface area contributed by atoms with Crippen molar-refractivity contribution in [3.05, 3.63) is 28.0 Å². The molecular formula is C13H16Cl2FN3O. The first kappa shape index (κ1) is 15.5. The first-order valence-corrected chi connectivity index (χ1v) is 7.13. The second kappa shape index (κ2) is 6.72. The molecule has 4 nitrogen and oxygen atoms in total. The van der Waals surface area contributed by atoms with Crippen molar-refractivity contribution < 1.29 is 9.18 Å². The molecule has 1 saturated heterocycles. The van der Waals surface area contributed by atoms with Crippen LogP contribution in [0.15, 0.2) is 12.1 Å². The number of carbonyl (C=O) groups is 1. The number of rotatable bonds is 3. The summed E-state index contributed by atoms with van der Waals surface area (Å²) in [5, 5.41) is 2.80. The van der Waals surface area contributed by atoms with Gasteiger partial charge in [0.05, 0.1) is 22.3 Å². The molecule has 0 aliphatic carbocycles. The molecule has 2 rings (SSSR count). The second-order valence-electron chi connectivity index (χ2n) is 4.91. The highest BCUT2D eigenvalue weighted by atomic mass is 35.5. The summed E-state index contributed by atoms with van der Waals surface area (Å²) in [6.45, 7) is 1.83. The number of anilines is 1. The lowest BCUT2D eigenvalue weighted by molar-refractivity contribution is -0.117. The van der Waals surface area contributed by atoms with E-state index in [9.17, 15) is 9.18 Å². The van der Waals surface area contributed by atoms with Crippen LogP contribution >= 0.6 is 23.2 Å². The van der Waals surface area contributed by atoms with Gasteiger partial charge in [0.25, 0.3) is 0 Å². The summed E-state index contributed by atoms with van der Waals surface area (Å²) in [5.74, 6) is -0.765. The average Bonchev–Trinajstić information content (AvgIpc) is 2.36. The molecule has 0 atom stereocenters. The number of nitrogens with two attached hydrogens (primary N) is 1. The molecule has 20 heavy (non-hydrogen) atoms. The van der Waals surface area contributed by atoms with E-state index < -0.39 is 5.82 Å². The van der Waals surface area contributed by atoms with Gasteiger partial charge in [-0.05, 0) is 25.0 Å². The highest BCUT2D eigenvalue weighted by Crippen LogP contribution is 2.31. The lowest BCUT2D eigenvalue weighted by atomic mass is 10.1. The molecule has 0 saturated carbocycles. The number of carbonyl (C=O) groups excluding carboxylic acids is 1. The molecule has 3 N–H and O–H groups in total. The summed E-state index contributed by atoms with van der Waals surface area (Å²) < 4.78 is 13.1. The standard InChI is InChI=1S/C13H16Cl2FN3O/c14-10-5-8(16)6-11(15)13(10)18-12(20)7-19-3-1-9(17)2-4-19/h5-6,9H,1-4,7,17H2,(H,18,20). The normalized spacial score (nSPS) is 17.2. The predicted molar refractivity (Wildman–Crippen MR) is 78.7 cm³/mol. The van der Waals surface area contributed by atoms with E-state index in [0.29, 0.717) is 0 Å². The Bertz CT molecular complexity index is 481. The van der Waals surface area contributed by atoms with Crippen molar-refractivity contribution in [2.45, 2.75) is 18.9 Å². The Labute approximate surface area is 127 Å². The van der Waals surface area contributed by atoms with Crippen molar-refractivity contribution >= 4 is 34.8 Å². The second-order valence-corrected chi connectivity index (χ2v) is 5.72. The molecular weight excluding hydrogens is 304 g/mol. The minimum atomic E-state index is -0.539. The Morgan fingerprint density at radius 1 is 1.35 bits per heavy atom. The molecule has 0 unspecified atom stereocenters. The van der Waals surface area contributed by atoms with Gasteiger partial charge >= 0.3 is 0 Å². The van der Waals surface area contributed by atoms with E-state index in [4.69, 9.17) is 28.9 Å². The van der Waals surface area contributed by atoms with Gasteiger partial charge in [-0.1, -0.05) is 23.2 Å². The van der Waals surface area contributed by atoms with Gasteiger partial charge < -0.3 is 11.1 Å². The number of hydrogen-bond acceptors (Lipinski definition) is 3. The smallest absolute Gasteiger partial charge is 0.238 e. The molecule has 1 amide bonds. The summed E-state index contributed by atoms with van der Waals surface area (Å²) in [7, 11) is 0. The molecule has 110 valence electrons. The zero-order valence-corrected chi connectivity index (χ0v) is 12.3. The van der Waals surface area contributed by atoms with Gasteiger partial charge in [-0.3, -0.25) is 9.69 Å². The summed E-state index contributed by atoms with van der Waals surface area (Å²) in [6, 6.07) is 2.45. The molecule has 0 bridgehead atoms. The molecule has 0 radical (unpaired) electrons. The fourth-order valence-electron chi connectivity index (χ4n) is 2.15. The SMILES string of the molecule is NC1CCN(CC(=O)Nc2c(Cl)cc(F)cc2Cl)CC1. The molecule has 1 aromatic rings. The van der Waals surface area contributed by atoms with Gasteiger partial charge in [-0.2, -0.15) is 0 Å². The van der Waals surface area contributed by atoms with Crippen LogP contribution in [0.1, 0.15) is 12.8 Å². The quantitative estimate of drug-likeness (QED) is 0.900. The molecule has 0 aromatic heterocycles. The summed E-state index contributed by atoms with van der Waals surface area (Å²) >= 11 is 11.7. The van der Waals surface area contributed by atoms with Crippen molar-refractivity contribution in [2.75, 3.05) is 25.0 Å². The fourth-order valence-corrected chi connectivity index (χ4v) is 2.71. The van der Waals surface area contributed by atoms with Crippen LogP contribution in [0.4, 0.5) is 10.1 Å². The number of nitrogens with zero attached hydrogens (tertiary/aromatic N) is 1. The van der Waals surface area contributed by atoms with Crippen LogP contribution in [0.3, 0.4) is 0 Å². The minimum absolute atomic E-state index is 0.0871. The Morgan fingerprint density at radius 3 is 2.45 bits per heavy atom. The third-order valence-corrected chi connectivity index (χ3v) is 3.87. The van der Waals surface area contributed by atoms with Crippen molar-refractivity contribution in [3.8, 4) is 0 Å². The van der Waals surface area contributed by atoms with Crippen LogP contribution in [0, 0.1) is 5.82 Å². The van der Waals surface area contributed by atoms with Crippen LogP contribution in [0.2, 0.25) is 10.0 Å². The number of halogens is 3. The first-order chi connectivity index (χ1) is 9.45. The third kappa shape index (κ3) is 4.06. The molecule has 1 heterocycles. The van der Waals surface area contributed by atoms with Crippen LogP contribution in [0.25, 0.3) is 0 Å². The van der Waals surface area contributed by atoms with E-state index >= 15 is 0 Å². The number of nitrogens with one attached hydrogen (secondary N) is 1. The number of hydrogen-bond donors (Lipinski definition) is 2. The summed E-state index contributed by atoms with van der Waals surface area (Å²) in [4.78, 5) is 14.0. The lowest BCUT2D eigenvalue weighted by Crippen LogP contribution is -2.43. The number of benzene rings is 1. The maximum Gasteiger partial charge on any atom is 0.238 e. The van der Waals surface area contributed by atoms with Crippen molar-refractivity contribution in [2.24, 2.45) is 5.73 Å². The Kier molecular flexibility index (Phi) is 5.21. The highest BCUT2D eigenvalue weighted by Gasteiger charge is 2.19. The molecule has 7 heteroatoms. The van der Waals surface area contributed by atoms with E-state index in [1.165, 1.54) is 0 Å². The number of likely N-dealkylation sites (tertiary alicyclic amines) is 1. The minimum Gasteiger partial charge on any atom is -0.328 e. The van der Waals surface area contributed by atoms with Gasteiger partial charge in [0.1, 0.15) is 5.82 Å². The van der Waals surface area contributed by atoms with E-state index in [-0.39, 0.29) is 34.2 Å². The van der Waals surface area contributed by atoms with Crippen molar-refractivity contribution in [1.29, 1.82) is 0 Å². The Balaban J connectivity index is 1.95. The maximum atomic E-state index is 13.1. The highest BCUT2D eigenvalue weighted by molar-refractivity contribution is 6.39. The van der Waals surface area contributed by atoms with E-state index in [1.54, 1.807) is 0 Å². The monoisotopic (exact) mass is 319 g/mol. The van der Waals surface area contributed by atoms with Gasteiger partial charge in [0.15, 0.2) is 0 Å². The van der Waals surface area contributed by atoms with Gasteiger partial charge in [0, 0.05) is 19.1 Å². The van der Waals surface area contributed by atoms with E-state index in [1.807, 2.05) is 4.90 Å². The van der Waals surface area contributed by atoms with Crippen LogP contribution in [-0.4, -0.2) is 36.5 Å². The van der Waals surface area contributed by atoms with E-state index in [0.717, 1.165) is 38.1 Å². The van der Waals surface area contributed by atoms with Crippen LogP contribution < -0.4 is 11.1 Å². The lowest BCUT2D eigenvalue weighted by Gasteiger charge is -2.29. The van der Waals surface area contributed by atoms with Crippen LogP contribution in [0.5, 0.6) is 0 Å². The maximum absolute atomic E-state index is 13.1. The number of amides is 1. The largest absolute Gasteiger partial charge is 0.328 e. The zero-order chi connectivity index (χ0) is 14.7. The topological polar surface area (TPSA) is 58.4 Å². The predicted octanol–water partition coefficient (Wildman–Crippen LogP) is 2.49. The molecule has 1 aliphatic rings. The van der Waals surface area contributed by atoms with Gasteiger partial charge in [-0.15, -0.1) is 0 Å². The molecule has 1 aliphatic heterocycles. The van der Waals surface area contributed by atoms with Crippen LogP contribution in [-0.2, 0) is 4.79 Å². The van der Waals surface area contributed by atoms with Crippen molar-refractivity contribution in [3.63, 3.8) is 0 Å². The average molecular weight is 320 g/mol. The van der Waals surface area contributed by atoms with E-state index in [2.05, 4.69) is 5.32 Å². The summed E-state index contributed by atoms with van der Waals surface area (Å²) in [6.07, 6.45) is 1.76. The van der Waals surface area contributed by atoms with Gasteiger partial charge in [0.2, 0.25) is 5.91 Å².